The molecule has 0 radical (unpaired) electrons. The van der Waals surface area contributed by atoms with Crippen molar-refractivity contribution in [1.29, 1.82) is 0 Å². The van der Waals surface area contributed by atoms with Crippen molar-refractivity contribution in [2.45, 2.75) is 0 Å². The van der Waals surface area contributed by atoms with Crippen LogP contribution in [0.4, 0.5) is 0 Å². The van der Waals surface area contributed by atoms with Gasteiger partial charge in [-0.05, 0) is 34.7 Å². The molecule has 0 aliphatic rings. The van der Waals surface area contributed by atoms with Crippen LogP contribution >= 0.6 is 22.6 Å². The maximum Gasteiger partial charge on any atom is 0.166 e. The fourth-order valence-electron chi connectivity index (χ4n) is 0.979. The van der Waals surface area contributed by atoms with Crippen LogP contribution in [0.3, 0.4) is 0 Å². The van der Waals surface area contributed by atoms with Crippen LogP contribution in [0.2, 0.25) is 0 Å². The molecule has 0 bridgehead atoms. The number of hydrogen-bond acceptors (Lipinski definition) is 2. The predicted molar refractivity (Wildman–Crippen MR) is 54.7 cm³/mol. The first-order valence-electron chi connectivity index (χ1n) is 3.53. The van der Waals surface area contributed by atoms with Gasteiger partial charge in [0.25, 0.3) is 0 Å². The van der Waals surface area contributed by atoms with Crippen LogP contribution in [0.5, 0.6) is 0 Å². The van der Waals surface area contributed by atoms with Gasteiger partial charge in [0.1, 0.15) is 0 Å². The Kier molecular flexibility index (Phi) is 2.12. The highest BCUT2D eigenvalue weighted by molar-refractivity contribution is 14.1. The van der Waals surface area contributed by atoms with E-state index in [-0.39, 0.29) is 0 Å². The molecular weight excluding hydrogens is 265 g/mol. The molecule has 0 aliphatic carbocycles. The van der Waals surface area contributed by atoms with E-state index < -0.39 is 0 Å². The number of benzene rings is 1. The molecule has 0 aliphatic heterocycles. The van der Waals surface area contributed by atoms with E-state index in [0.717, 1.165) is 11.3 Å². The molecule has 60 valence electrons. The summed E-state index contributed by atoms with van der Waals surface area (Å²) in [6, 6.07) is 9.96. The lowest BCUT2D eigenvalue weighted by atomic mass is 10.2. The van der Waals surface area contributed by atoms with E-state index >= 15 is 0 Å². The Hall–Kier alpha value is -0.840. The Morgan fingerprint density at radius 3 is 2.42 bits per heavy atom. The van der Waals surface area contributed by atoms with Crippen LogP contribution in [0, 0.1) is 3.57 Å². The Morgan fingerprint density at radius 2 is 1.83 bits per heavy atom. The van der Waals surface area contributed by atoms with Gasteiger partial charge in [0.15, 0.2) is 5.76 Å². The molecule has 0 spiro atoms. The van der Waals surface area contributed by atoms with Crippen molar-refractivity contribution >= 4 is 22.6 Å². The third kappa shape index (κ3) is 1.50. The van der Waals surface area contributed by atoms with E-state index in [4.69, 9.17) is 4.52 Å². The molecule has 0 N–H and O–H groups in total. The van der Waals surface area contributed by atoms with Crippen LogP contribution in [0.1, 0.15) is 0 Å². The second-order valence-electron chi connectivity index (χ2n) is 2.38. The Bertz CT molecular complexity index is 353. The molecule has 0 saturated heterocycles. The van der Waals surface area contributed by atoms with Crippen molar-refractivity contribution in [3.05, 3.63) is 40.1 Å². The normalized spacial score (nSPS) is 10.1. The maximum atomic E-state index is 5.01. The average molecular weight is 271 g/mol. The van der Waals surface area contributed by atoms with E-state index in [1.54, 1.807) is 6.20 Å². The smallest absolute Gasteiger partial charge is 0.166 e. The van der Waals surface area contributed by atoms with Crippen LogP contribution in [-0.2, 0) is 0 Å². The first-order chi connectivity index (χ1) is 5.86. The van der Waals surface area contributed by atoms with E-state index in [9.17, 15) is 0 Å². The van der Waals surface area contributed by atoms with Crippen molar-refractivity contribution in [1.82, 2.24) is 5.16 Å². The van der Waals surface area contributed by atoms with Gasteiger partial charge in [0.2, 0.25) is 0 Å². The van der Waals surface area contributed by atoms with E-state index in [1.165, 1.54) is 3.57 Å². The highest BCUT2D eigenvalue weighted by Gasteiger charge is 1.99. The first kappa shape index (κ1) is 7.79. The van der Waals surface area contributed by atoms with Crippen LogP contribution in [0.15, 0.2) is 41.1 Å². The van der Waals surface area contributed by atoms with Gasteiger partial charge in [0, 0.05) is 15.2 Å². The van der Waals surface area contributed by atoms with Gasteiger partial charge in [0.05, 0.1) is 6.20 Å². The van der Waals surface area contributed by atoms with Crippen molar-refractivity contribution in [3.63, 3.8) is 0 Å². The first-order valence-corrected chi connectivity index (χ1v) is 4.61. The largest absolute Gasteiger partial charge is 0.356 e. The van der Waals surface area contributed by atoms with Gasteiger partial charge in [-0.3, -0.25) is 0 Å². The Morgan fingerprint density at radius 1 is 1.08 bits per heavy atom. The molecule has 2 aromatic rings. The fourth-order valence-corrected chi connectivity index (χ4v) is 1.34. The third-order valence-corrected chi connectivity index (χ3v) is 2.29. The summed E-state index contributed by atoms with van der Waals surface area (Å²) in [5.74, 6) is 0.811. The quantitative estimate of drug-likeness (QED) is 0.745. The fraction of sp³-hybridized carbons (Fsp3) is 0. The topological polar surface area (TPSA) is 26.0 Å². The van der Waals surface area contributed by atoms with E-state index in [1.807, 2.05) is 30.3 Å². The maximum absolute atomic E-state index is 5.01. The monoisotopic (exact) mass is 271 g/mol. The zero-order chi connectivity index (χ0) is 8.39. The molecule has 0 saturated carbocycles. The number of nitrogens with zero attached hydrogens (tertiary/aromatic N) is 1. The summed E-state index contributed by atoms with van der Waals surface area (Å²) in [5, 5.41) is 3.64. The number of halogens is 1. The van der Waals surface area contributed by atoms with Gasteiger partial charge < -0.3 is 4.52 Å². The highest BCUT2D eigenvalue weighted by Crippen LogP contribution is 2.19. The molecule has 2 nitrogen and oxygen atoms in total. The van der Waals surface area contributed by atoms with Gasteiger partial charge >= 0.3 is 0 Å². The molecule has 1 heterocycles. The average Bonchev–Trinajstić information content (AvgIpc) is 2.58. The second-order valence-corrected chi connectivity index (χ2v) is 3.63. The summed E-state index contributed by atoms with van der Waals surface area (Å²) in [5.41, 5.74) is 1.06. The predicted octanol–water partition coefficient (Wildman–Crippen LogP) is 2.95. The number of hydrogen-bond donors (Lipinski definition) is 0. The van der Waals surface area contributed by atoms with Crippen molar-refractivity contribution in [2.75, 3.05) is 0 Å². The van der Waals surface area contributed by atoms with Crippen LogP contribution in [0.25, 0.3) is 11.3 Å². The molecule has 2 rings (SSSR count). The Labute approximate surface area is 83.7 Å². The summed E-state index contributed by atoms with van der Waals surface area (Å²) in [6.45, 7) is 0. The lowest BCUT2D eigenvalue weighted by Crippen LogP contribution is -1.73. The molecule has 12 heavy (non-hydrogen) atoms. The van der Waals surface area contributed by atoms with Crippen molar-refractivity contribution in [3.8, 4) is 11.3 Å². The number of aromatic nitrogens is 1. The summed E-state index contributed by atoms with van der Waals surface area (Å²) in [7, 11) is 0. The van der Waals surface area contributed by atoms with E-state index in [2.05, 4.69) is 27.7 Å². The second kappa shape index (κ2) is 3.26. The van der Waals surface area contributed by atoms with E-state index in [0.29, 0.717) is 0 Å². The highest BCUT2D eigenvalue weighted by atomic mass is 127. The standard InChI is InChI=1S/C9H6INO/c10-8-3-1-7(2-4-8)9-5-6-11-12-9/h1-6H. The molecule has 1 aromatic carbocycles. The van der Waals surface area contributed by atoms with Crippen LogP contribution < -0.4 is 0 Å². The van der Waals surface area contributed by atoms with Crippen molar-refractivity contribution < 1.29 is 4.52 Å². The lowest BCUT2D eigenvalue weighted by Gasteiger charge is -1.94. The SMILES string of the molecule is Ic1ccc(-c2ccno2)cc1. The third-order valence-electron chi connectivity index (χ3n) is 1.57. The molecule has 0 atom stereocenters. The Balaban J connectivity index is 2.43. The van der Waals surface area contributed by atoms with Crippen LogP contribution in [-0.4, -0.2) is 5.16 Å². The summed E-state index contributed by atoms with van der Waals surface area (Å²) < 4.78 is 6.23. The van der Waals surface area contributed by atoms with Gasteiger partial charge in [-0.25, -0.2) is 0 Å². The van der Waals surface area contributed by atoms with Crippen molar-refractivity contribution in [2.24, 2.45) is 0 Å². The lowest BCUT2D eigenvalue weighted by molar-refractivity contribution is 0.432. The van der Waals surface area contributed by atoms with Gasteiger partial charge in [-0.15, -0.1) is 0 Å². The zero-order valence-electron chi connectivity index (χ0n) is 6.20. The molecular formula is C9H6INO. The summed E-state index contributed by atoms with van der Waals surface area (Å²) in [4.78, 5) is 0. The molecule has 1 aromatic heterocycles. The number of rotatable bonds is 1. The van der Waals surface area contributed by atoms with Gasteiger partial charge in [-0.2, -0.15) is 0 Å². The molecule has 0 amide bonds. The molecule has 3 heteroatoms. The molecule has 0 unspecified atom stereocenters. The minimum Gasteiger partial charge on any atom is -0.356 e. The zero-order valence-corrected chi connectivity index (χ0v) is 8.36. The minimum absolute atomic E-state index is 0.811. The summed E-state index contributed by atoms with van der Waals surface area (Å²) >= 11 is 2.27. The van der Waals surface area contributed by atoms with Gasteiger partial charge in [-0.1, -0.05) is 17.3 Å². The molecule has 0 fully saturated rings. The minimum atomic E-state index is 0.811. The summed E-state index contributed by atoms with van der Waals surface area (Å²) in [6.07, 6.45) is 1.65.